The first-order chi connectivity index (χ1) is 17.4. The minimum absolute atomic E-state index is 0.128. The Morgan fingerprint density at radius 3 is 2.00 bits per heavy atom. The fourth-order valence-corrected chi connectivity index (χ4v) is 6.90. The van der Waals surface area contributed by atoms with E-state index in [9.17, 15) is 9.59 Å². The fourth-order valence-electron chi connectivity index (χ4n) is 6.12. The average molecular weight is 627 g/mol. The molecule has 194 valence electrons. The molecule has 1 heterocycles. The first-order valence-corrected chi connectivity index (χ1v) is 14.4. The van der Waals surface area contributed by atoms with Gasteiger partial charge < -0.3 is 9.64 Å². The quantitative estimate of drug-likeness (QED) is 0.344. The smallest absolute Gasteiger partial charge is 0.162 e. The normalized spacial score (nSPS) is 21.2. The number of Topliss-reactive ketones (excluding diaryl/α,β-unsaturated/α-hetero) is 2. The molecule has 0 N–H and O–H groups in total. The molecule has 0 bridgehead atoms. The third kappa shape index (κ3) is 4.99. The summed E-state index contributed by atoms with van der Waals surface area (Å²) in [5.74, 6) is 0.524. The van der Waals surface area contributed by atoms with Crippen LogP contribution in [0.5, 0.6) is 5.75 Å². The topological polar surface area (TPSA) is 46.6 Å². The van der Waals surface area contributed by atoms with Crippen molar-refractivity contribution in [1.82, 2.24) is 4.90 Å². The van der Waals surface area contributed by atoms with Crippen molar-refractivity contribution in [1.29, 1.82) is 0 Å². The van der Waals surface area contributed by atoms with E-state index in [1.807, 2.05) is 49.5 Å². The minimum atomic E-state index is -0.430. The number of allylic oxidation sites excluding steroid dienone is 4. The van der Waals surface area contributed by atoms with E-state index in [4.69, 9.17) is 4.74 Å². The number of rotatable bonds is 4. The van der Waals surface area contributed by atoms with Gasteiger partial charge in [0.05, 0.1) is 0 Å². The van der Waals surface area contributed by atoms with Crippen molar-refractivity contribution < 1.29 is 14.3 Å². The molecule has 2 aromatic rings. The molecular formula is C31H33Br2NO3. The van der Waals surface area contributed by atoms with Crippen LogP contribution < -0.4 is 4.74 Å². The van der Waals surface area contributed by atoms with Gasteiger partial charge in [-0.2, -0.15) is 0 Å². The van der Waals surface area contributed by atoms with Crippen LogP contribution in [0.15, 0.2) is 74.0 Å². The Labute approximate surface area is 236 Å². The standard InChI is InChI=1S/C31H33Br2NO3/c1-30(2)13-22-28(24(35)15-30)27(29-23(34(22)5)14-31(3,4)16-25(29)36)20-12-19(32)10-11-26(20)37-17-18-8-6-7-9-21(18)33/h6-12,27H,13-17H2,1-5H3. The second-order valence-corrected chi connectivity index (χ2v) is 13.9. The van der Waals surface area contributed by atoms with E-state index < -0.39 is 5.92 Å². The molecular weight excluding hydrogens is 594 g/mol. The Bertz CT molecular complexity index is 1310. The molecule has 4 nitrogen and oxygen atoms in total. The van der Waals surface area contributed by atoms with Crippen LogP contribution in [0.25, 0.3) is 0 Å². The SMILES string of the molecule is CN1C2=C(C(=O)CC(C)(C)C2)C(c2cc(Br)ccc2OCc2ccccc2Br)C2=C1CC(C)(C)CC2=O. The van der Waals surface area contributed by atoms with Gasteiger partial charge in [-0.3, -0.25) is 9.59 Å². The third-order valence-electron chi connectivity index (χ3n) is 7.80. The number of carbonyl (C=O) groups excluding carboxylic acids is 2. The Hall–Kier alpha value is -2.18. The van der Waals surface area contributed by atoms with Gasteiger partial charge in [-0.05, 0) is 47.9 Å². The van der Waals surface area contributed by atoms with Gasteiger partial charge in [-0.25, -0.2) is 0 Å². The molecule has 0 aromatic heterocycles. The van der Waals surface area contributed by atoms with Gasteiger partial charge in [-0.1, -0.05) is 77.8 Å². The van der Waals surface area contributed by atoms with Gasteiger partial charge in [0.2, 0.25) is 0 Å². The molecule has 0 spiro atoms. The molecule has 0 unspecified atom stereocenters. The second-order valence-electron chi connectivity index (χ2n) is 12.2. The lowest BCUT2D eigenvalue weighted by atomic mass is 9.63. The maximum absolute atomic E-state index is 13.8. The van der Waals surface area contributed by atoms with Crippen molar-refractivity contribution in [3.8, 4) is 5.75 Å². The first-order valence-electron chi connectivity index (χ1n) is 12.8. The van der Waals surface area contributed by atoms with E-state index in [0.717, 1.165) is 55.5 Å². The molecule has 0 amide bonds. The Balaban J connectivity index is 1.68. The monoisotopic (exact) mass is 625 g/mol. The molecule has 0 fully saturated rings. The minimum Gasteiger partial charge on any atom is -0.489 e. The number of carbonyl (C=O) groups is 2. The highest BCUT2D eigenvalue weighted by Crippen LogP contribution is 2.55. The van der Waals surface area contributed by atoms with Gasteiger partial charge in [0, 0.05) is 68.4 Å². The van der Waals surface area contributed by atoms with Crippen molar-refractivity contribution in [2.75, 3.05) is 7.05 Å². The van der Waals surface area contributed by atoms with E-state index in [0.29, 0.717) is 25.2 Å². The van der Waals surface area contributed by atoms with Crippen molar-refractivity contribution in [2.24, 2.45) is 10.8 Å². The van der Waals surface area contributed by atoms with Gasteiger partial charge in [-0.15, -0.1) is 0 Å². The Morgan fingerprint density at radius 2 is 1.43 bits per heavy atom. The fraction of sp³-hybridized carbons (Fsp3) is 0.419. The molecule has 2 aromatic carbocycles. The maximum atomic E-state index is 13.8. The van der Waals surface area contributed by atoms with Crippen LogP contribution in [0.1, 0.15) is 70.4 Å². The summed E-state index contributed by atoms with van der Waals surface area (Å²) in [4.78, 5) is 29.8. The molecule has 37 heavy (non-hydrogen) atoms. The summed E-state index contributed by atoms with van der Waals surface area (Å²) in [6.45, 7) is 9.00. The zero-order valence-corrected chi connectivity index (χ0v) is 25.3. The highest BCUT2D eigenvalue weighted by Gasteiger charge is 2.48. The molecule has 5 rings (SSSR count). The molecule has 0 saturated heterocycles. The summed E-state index contributed by atoms with van der Waals surface area (Å²) in [6, 6.07) is 13.9. The van der Waals surface area contributed by atoms with Gasteiger partial charge >= 0.3 is 0 Å². The highest BCUT2D eigenvalue weighted by atomic mass is 79.9. The zero-order chi connectivity index (χ0) is 26.7. The summed E-state index contributed by atoms with van der Waals surface area (Å²) in [7, 11) is 2.04. The van der Waals surface area contributed by atoms with Crippen LogP contribution in [0.3, 0.4) is 0 Å². The van der Waals surface area contributed by atoms with Crippen LogP contribution in [0.2, 0.25) is 0 Å². The molecule has 0 saturated carbocycles. The maximum Gasteiger partial charge on any atom is 0.162 e. The summed E-state index contributed by atoms with van der Waals surface area (Å²) >= 11 is 7.26. The summed E-state index contributed by atoms with van der Waals surface area (Å²) in [6.07, 6.45) is 2.54. The molecule has 0 radical (unpaired) electrons. The number of nitrogens with zero attached hydrogens (tertiary/aromatic N) is 1. The van der Waals surface area contributed by atoms with E-state index >= 15 is 0 Å². The van der Waals surface area contributed by atoms with Crippen molar-refractivity contribution in [3.05, 3.63) is 85.1 Å². The number of ether oxygens (including phenoxy) is 1. The summed E-state index contributed by atoms with van der Waals surface area (Å²) in [5.41, 5.74) is 5.27. The van der Waals surface area contributed by atoms with Gasteiger partial charge in [0.25, 0.3) is 0 Å². The summed E-state index contributed by atoms with van der Waals surface area (Å²) < 4.78 is 8.30. The van der Waals surface area contributed by atoms with Crippen LogP contribution in [-0.4, -0.2) is 23.5 Å². The van der Waals surface area contributed by atoms with Crippen molar-refractivity contribution in [2.45, 2.75) is 65.9 Å². The average Bonchev–Trinajstić information content (AvgIpc) is 2.79. The van der Waals surface area contributed by atoms with Crippen LogP contribution in [-0.2, 0) is 16.2 Å². The highest BCUT2D eigenvalue weighted by molar-refractivity contribution is 9.10. The first kappa shape index (κ1) is 26.4. The number of hydrogen-bond acceptors (Lipinski definition) is 4. The summed E-state index contributed by atoms with van der Waals surface area (Å²) in [5, 5.41) is 0. The van der Waals surface area contributed by atoms with Gasteiger partial charge in [0.15, 0.2) is 11.6 Å². The lowest BCUT2D eigenvalue weighted by Crippen LogP contribution is -2.43. The molecule has 1 aliphatic heterocycles. The van der Waals surface area contributed by atoms with Crippen LogP contribution in [0.4, 0.5) is 0 Å². The lowest BCUT2D eigenvalue weighted by molar-refractivity contribution is -0.119. The van der Waals surface area contributed by atoms with Crippen molar-refractivity contribution in [3.63, 3.8) is 0 Å². The van der Waals surface area contributed by atoms with Crippen molar-refractivity contribution >= 4 is 43.4 Å². The molecule has 6 heteroatoms. The number of benzene rings is 2. The van der Waals surface area contributed by atoms with Crippen LogP contribution >= 0.6 is 31.9 Å². The Kier molecular flexibility index (Phi) is 6.81. The van der Waals surface area contributed by atoms with Crippen LogP contribution in [0, 0.1) is 10.8 Å². The third-order valence-corrected chi connectivity index (χ3v) is 9.07. The predicted octanol–water partition coefficient (Wildman–Crippen LogP) is 8.11. The van der Waals surface area contributed by atoms with Gasteiger partial charge in [0.1, 0.15) is 12.4 Å². The van der Waals surface area contributed by atoms with E-state index in [1.165, 1.54) is 0 Å². The number of hydrogen-bond donors (Lipinski definition) is 0. The lowest BCUT2D eigenvalue weighted by Gasteiger charge is -2.48. The molecule has 3 aliphatic rings. The van der Waals surface area contributed by atoms with E-state index in [-0.39, 0.29) is 22.4 Å². The Morgan fingerprint density at radius 1 is 0.865 bits per heavy atom. The zero-order valence-electron chi connectivity index (χ0n) is 22.1. The van der Waals surface area contributed by atoms with E-state index in [1.54, 1.807) is 0 Å². The second kappa shape index (κ2) is 9.53. The number of ketones is 2. The number of halogens is 2. The largest absolute Gasteiger partial charge is 0.489 e. The van der Waals surface area contributed by atoms with E-state index in [2.05, 4.69) is 64.5 Å². The predicted molar refractivity (Wildman–Crippen MR) is 153 cm³/mol. The molecule has 0 atom stereocenters. The molecule has 2 aliphatic carbocycles.